The number of hydrogen-bond donors (Lipinski definition) is 3. The molecule has 0 aliphatic rings. The Kier molecular flexibility index (Phi) is 11.7. The fourth-order valence-corrected chi connectivity index (χ4v) is 4.61. The second-order valence-electron chi connectivity index (χ2n) is 9.20. The molecule has 0 aromatic heterocycles. The number of ether oxygens (including phenoxy) is 1. The summed E-state index contributed by atoms with van der Waals surface area (Å²) in [6.07, 6.45) is 2.91. The van der Waals surface area contributed by atoms with Gasteiger partial charge in [0.2, 0.25) is 0 Å². The second kappa shape index (κ2) is 15.4. The van der Waals surface area contributed by atoms with Gasteiger partial charge >= 0.3 is 5.97 Å². The molecule has 2 atom stereocenters. The van der Waals surface area contributed by atoms with Gasteiger partial charge < -0.3 is 20.3 Å². The Hall–Kier alpha value is -4.03. The van der Waals surface area contributed by atoms with Crippen molar-refractivity contribution in [1.82, 2.24) is 5.32 Å². The molecular formula is C34H37NO4. The highest BCUT2D eigenvalue weighted by molar-refractivity contribution is 5.73. The van der Waals surface area contributed by atoms with Crippen molar-refractivity contribution in [3.63, 3.8) is 0 Å². The van der Waals surface area contributed by atoms with Gasteiger partial charge in [-0.1, -0.05) is 140 Å². The van der Waals surface area contributed by atoms with E-state index in [0.29, 0.717) is 5.56 Å². The summed E-state index contributed by atoms with van der Waals surface area (Å²) in [4.78, 5) is 10.2. The Bertz CT molecular complexity index is 1220. The maximum Gasteiger partial charge on any atom is 0.337 e. The molecular weight excluding hydrogens is 486 g/mol. The molecule has 0 saturated carbocycles. The summed E-state index contributed by atoms with van der Waals surface area (Å²) in [5, 5.41) is 21.0. The topological polar surface area (TPSA) is 78.8 Å². The van der Waals surface area contributed by atoms with Crippen LogP contribution in [0.15, 0.2) is 127 Å². The average Bonchev–Trinajstić information content (AvgIpc) is 2.99. The molecule has 4 aromatic rings. The van der Waals surface area contributed by atoms with Gasteiger partial charge in [-0.05, 0) is 22.3 Å². The highest BCUT2D eigenvalue weighted by Gasteiger charge is 2.39. The highest BCUT2D eigenvalue weighted by atomic mass is 16.5. The molecule has 0 radical (unpaired) electrons. The number of nitrogens with one attached hydrogen (secondary N) is 1. The normalized spacial score (nSPS) is 12.8. The summed E-state index contributed by atoms with van der Waals surface area (Å²) in [6.45, 7) is 3.91. The molecule has 3 N–H and O–H groups in total. The van der Waals surface area contributed by atoms with Gasteiger partial charge in [0.1, 0.15) is 5.60 Å². The van der Waals surface area contributed by atoms with Crippen molar-refractivity contribution >= 4 is 12.0 Å². The van der Waals surface area contributed by atoms with E-state index in [4.69, 9.17) is 14.9 Å². The molecule has 5 nitrogen and oxygen atoms in total. The largest absolute Gasteiger partial charge is 0.479 e. The van der Waals surface area contributed by atoms with E-state index in [9.17, 15) is 4.79 Å². The van der Waals surface area contributed by atoms with Crippen LogP contribution in [-0.4, -0.2) is 36.4 Å². The van der Waals surface area contributed by atoms with Crippen LogP contribution in [0.5, 0.6) is 0 Å². The number of methoxy groups -OCH3 is 1. The van der Waals surface area contributed by atoms with Crippen LogP contribution in [0.2, 0.25) is 0 Å². The third-order valence-electron chi connectivity index (χ3n) is 6.59. The third kappa shape index (κ3) is 8.23. The molecule has 0 bridgehead atoms. The minimum Gasteiger partial charge on any atom is -0.479 e. The summed E-state index contributed by atoms with van der Waals surface area (Å²) < 4.78 is 6.24. The first-order valence-corrected chi connectivity index (χ1v) is 13.0. The quantitative estimate of drug-likeness (QED) is 0.201. The molecule has 0 spiro atoms. The van der Waals surface area contributed by atoms with E-state index >= 15 is 0 Å². The van der Waals surface area contributed by atoms with E-state index in [1.165, 1.54) is 16.7 Å². The van der Waals surface area contributed by atoms with Gasteiger partial charge in [-0.3, -0.25) is 0 Å². The molecule has 2 unspecified atom stereocenters. The molecule has 202 valence electrons. The summed E-state index contributed by atoms with van der Waals surface area (Å²) in [5.41, 5.74) is 3.49. The number of aliphatic carboxylic acids is 1. The van der Waals surface area contributed by atoms with Crippen molar-refractivity contribution in [2.45, 2.75) is 18.6 Å². The molecule has 4 aromatic carbocycles. The zero-order valence-corrected chi connectivity index (χ0v) is 22.5. The third-order valence-corrected chi connectivity index (χ3v) is 6.59. The van der Waals surface area contributed by atoms with Gasteiger partial charge in [0.15, 0.2) is 6.10 Å². The lowest BCUT2D eigenvalue weighted by Crippen LogP contribution is -2.42. The minimum atomic E-state index is -1.41. The number of hydrogen-bond acceptors (Lipinski definition) is 4. The molecule has 0 saturated heterocycles. The summed E-state index contributed by atoms with van der Waals surface area (Å²) >= 11 is 0. The molecule has 0 aliphatic heterocycles. The minimum absolute atomic E-state index is 0.243. The fraction of sp³-hybridized carbons (Fsp3) is 0.206. The number of benzene rings is 4. The molecule has 0 heterocycles. The van der Waals surface area contributed by atoms with E-state index in [1.807, 2.05) is 25.3 Å². The van der Waals surface area contributed by atoms with Crippen LogP contribution in [0.1, 0.15) is 35.3 Å². The lowest BCUT2D eigenvalue weighted by Gasteiger charge is -2.39. The van der Waals surface area contributed by atoms with Gasteiger partial charge in [0, 0.05) is 26.1 Å². The standard InChI is InChI=1S/C26H29NO.C8H8O3/c1-22(21-27-20-12-15-23-13-6-3-7-14-23)26(28-2,24-16-8-4-9-17-24)25-18-10-5-11-19-25;9-7(8(10)11)6-4-2-1-3-5-6/h3-19,22,27H,20-21H2,1-2H3;1-5,7,9H,(H,10,11). The predicted octanol–water partition coefficient (Wildman–Crippen LogP) is 6.32. The number of rotatable bonds is 11. The van der Waals surface area contributed by atoms with Crippen LogP contribution < -0.4 is 5.32 Å². The van der Waals surface area contributed by atoms with E-state index in [1.54, 1.807) is 30.3 Å². The van der Waals surface area contributed by atoms with Crippen LogP contribution in [-0.2, 0) is 15.1 Å². The highest BCUT2D eigenvalue weighted by Crippen LogP contribution is 2.39. The van der Waals surface area contributed by atoms with Gasteiger partial charge in [-0.25, -0.2) is 4.79 Å². The maximum absolute atomic E-state index is 10.2. The average molecular weight is 524 g/mol. The zero-order chi connectivity index (χ0) is 27.9. The number of carboxylic acid groups (broad SMARTS) is 1. The van der Waals surface area contributed by atoms with Crippen molar-refractivity contribution in [3.8, 4) is 0 Å². The summed E-state index contributed by atoms with van der Waals surface area (Å²) in [5.74, 6) is -0.983. The Morgan fingerprint density at radius 3 is 1.74 bits per heavy atom. The van der Waals surface area contributed by atoms with Crippen molar-refractivity contribution in [3.05, 3.63) is 150 Å². The Morgan fingerprint density at radius 1 is 0.821 bits per heavy atom. The number of aliphatic hydroxyl groups is 1. The van der Waals surface area contributed by atoms with Crippen LogP contribution in [0, 0.1) is 5.92 Å². The second-order valence-corrected chi connectivity index (χ2v) is 9.20. The van der Waals surface area contributed by atoms with Gasteiger partial charge in [-0.2, -0.15) is 0 Å². The first-order valence-electron chi connectivity index (χ1n) is 13.0. The van der Waals surface area contributed by atoms with Gasteiger partial charge in [0.25, 0.3) is 0 Å². The van der Waals surface area contributed by atoms with Crippen LogP contribution >= 0.6 is 0 Å². The zero-order valence-electron chi connectivity index (χ0n) is 22.5. The Balaban J connectivity index is 0.000000320. The molecule has 39 heavy (non-hydrogen) atoms. The van der Waals surface area contributed by atoms with E-state index in [-0.39, 0.29) is 5.92 Å². The molecule has 0 aliphatic carbocycles. The van der Waals surface area contributed by atoms with Gasteiger partial charge in [0.05, 0.1) is 0 Å². The van der Waals surface area contributed by atoms with Crippen molar-refractivity contribution in [1.29, 1.82) is 0 Å². The van der Waals surface area contributed by atoms with Crippen molar-refractivity contribution in [2.75, 3.05) is 20.2 Å². The van der Waals surface area contributed by atoms with Crippen molar-refractivity contribution < 1.29 is 19.7 Å². The summed E-state index contributed by atoms with van der Waals surface area (Å²) in [6, 6.07) is 39.7. The van der Waals surface area contributed by atoms with Crippen LogP contribution in [0.3, 0.4) is 0 Å². The molecule has 4 rings (SSSR count). The predicted molar refractivity (Wildman–Crippen MR) is 157 cm³/mol. The number of carbonyl (C=O) groups is 1. The van der Waals surface area contributed by atoms with E-state index in [2.05, 4.69) is 97.2 Å². The lowest BCUT2D eigenvalue weighted by atomic mass is 9.76. The Morgan fingerprint density at radius 2 is 1.28 bits per heavy atom. The maximum atomic E-state index is 10.2. The van der Waals surface area contributed by atoms with Gasteiger partial charge in [-0.15, -0.1) is 0 Å². The Labute approximate surface area is 231 Å². The summed E-state index contributed by atoms with van der Waals surface area (Å²) in [7, 11) is 1.81. The first kappa shape index (κ1) is 29.5. The monoisotopic (exact) mass is 523 g/mol. The van der Waals surface area contributed by atoms with E-state index < -0.39 is 17.7 Å². The van der Waals surface area contributed by atoms with E-state index in [0.717, 1.165) is 13.1 Å². The number of carboxylic acids is 1. The molecule has 0 fully saturated rings. The SMILES string of the molecule is COC(c1ccccc1)(c1ccccc1)C(C)CNCC=Cc1ccccc1.O=C(O)C(O)c1ccccc1. The van der Waals surface area contributed by atoms with Crippen LogP contribution in [0.4, 0.5) is 0 Å². The molecule has 5 heteroatoms. The first-order chi connectivity index (χ1) is 19.0. The van der Waals surface area contributed by atoms with Crippen molar-refractivity contribution in [2.24, 2.45) is 5.92 Å². The smallest absolute Gasteiger partial charge is 0.337 e. The van der Waals surface area contributed by atoms with Crippen LogP contribution in [0.25, 0.3) is 6.08 Å². The lowest BCUT2D eigenvalue weighted by molar-refractivity contribution is -0.146. The fourth-order valence-electron chi connectivity index (χ4n) is 4.61. The number of aliphatic hydroxyl groups excluding tert-OH is 1. The molecule has 0 amide bonds.